The van der Waals surface area contributed by atoms with Crippen molar-refractivity contribution in [2.24, 2.45) is 7.05 Å². The monoisotopic (exact) mass is 393 g/mol. The van der Waals surface area contributed by atoms with Crippen LogP contribution in [0.3, 0.4) is 0 Å². The van der Waals surface area contributed by atoms with E-state index in [9.17, 15) is 9.59 Å². The van der Waals surface area contributed by atoms with Crippen LogP contribution in [-0.2, 0) is 26.4 Å². The van der Waals surface area contributed by atoms with Gasteiger partial charge in [0.15, 0.2) is 0 Å². The molecular formula is C21H23N5O3. The molecule has 0 aliphatic heterocycles. The maximum atomic E-state index is 12.6. The standard InChI is InChI=1S/C21H23N5O3/c1-25-19(13-18(23-25)14-5-3-7-16(11-14)29-2)21(28)22-9-10-26-20(27)12-15-6-4-8-17(15)24-26/h3,5,7,11-13H,4,6,8-10H2,1-2H3,(H,22,28). The molecule has 1 aliphatic carbocycles. The van der Waals surface area contributed by atoms with E-state index in [0.29, 0.717) is 24.5 Å². The lowest BCUT2D eigenvalue weighted by molar-refractivity contribution is 0.0942. The van der Waals surface area contributed by atoms with Crippen LogP contribution in [0.4, 0.5) is 0 Å². The summed E-state index contributed by atoms with van der Waals surface area (Å²) in [6.07, 6.45) is 2.87. The van der Waals surface area contributed by atoms with Gasteiger partial charge in [-0.1, -0.05) is 12.1 Å². The number of ether oxygens (including phenoxy) is 1. The minimum Gasteiger partial charge on any atom is -0.497 e. The number of carbonyl (C=O) groups is 1. The molecule has 8 nitrogen and oxygen atoms in total. The van der Waals surface area contributed by atoms with Crippen LogP contribution in [0.15, 0.2) is 41.2 Å². The summed E-state index contributed by atoms with van der Waals surface area (Å²) in [4.78, 5) is 24.7. The second kappa shape index (κ2) is 7.90. The van der Waals surface area contributed by atoms with Gasteiger partial charge in [0.1, 0.15) is 11.4 Å². The van der Waals surface area contributed by atoms with Crippen molar-refractivity contribution in [3.63, 3.8) is 0 Å². The summed E-state index contributed by atoms with van der Waals surface area (Å²) < 4.78 is 8.22. The lowest BCUT2D eigenvalue weighted by atomic mass is 10.1. The maximum Gasteiger partial charge on any atom is 0.269 e. The summed E-state index contributed by atoms with van der Waals surface area (Å²) in [6, 6.07) is 10.9. The summed E-state index contributed by atoms with van der Waals surface area (Å²) in [5.74, 6) is 0.481. The minimum atomic E-state index is -0.247. The van der Waals surface area contributed by atoms with Gasteiger partial charge in [-0.15, -0.1) is 0 Å². The third-order valence-electron chi connectivity index (χ3n) is 5.11. The van der Waals surface area contributed by atoms with E-state index in [2.05, 4.69) is 15.5 Å². The highest BCUT2D eigenvalue weighted by Crippen LogP contribution is 2.23. The average Bonchev–Trinajstić information content (AvgIpc) is 3.34. The van der Waals surface area contributed by atoms with E-state index in [-0.39, 0.29) is 11.5 Å². The molecule has 29 heavy (non-hydrogen) atoms. The van der Waals surface area contributed by atoms with E-state index in [1.807, 2.05) is 24.3 Å². The van der Waals surface area contributed by atoms with Crippen molar-refractivity contribution in [2.75, 3.05) is 13.7 Å². The number of aromatic nitrogens is 4. The number of amides is 1. The van der Waals surface area contributed by atoms with E-state index >= 15 is 0 Å². The summed E-state index contributed by atoms with van der Waals surface area (Å²) in [6.45, 7) is 0.642. The van der Waals surface area contributed by atoms with Gasteiger partial charge in [-0.05, 0) is 43.0 Å². The Labute approximate surface area is 168 Å². The van der Waals surface area contributed by atoms with Crippen molar-refractivity contribution in [2.45, 2.75) is 25.8 Å². The quantitative estimate of drug-likeness (QED) is 0.687. The molecule has 0 radical (unpaired) electrons. The maximum absolute atomic E-state index is 12.6. The van der Waals surface area contributed by atoms with E-state index in [4.69, 9.17) is 4.74 Å². The van der Waals surface area contributed by atoms with Crippen molar-refractivity contribution in [1.82, 2.24) is 24.9 Å². The molecule has 0 spiro atoms. The third kappa shape index (κ3) is 3.91. The molecule has 0 unspecified atom stereocenters. The molecule has 4 rings (SSSR count). The third-order valence-corrected chi connectivity index (χ3v) is 5.11. The largest absolute Gasteiger partial charge is 0.497 e. The number of methoxy groups -OCH3 is 1. The van der Waals surface area contributed by atoms with Crippen LogP contribution in [-0.4, -0.2) is 39.1 Å². The van der Waals surface area contributed by atoms with Gasteiger partial charge >= 0.3 is 0 Å². The van der Waals surface area contributed by atoms with Crippen LogP contribution >= 0.6 is 0 Å². The van der Waals surface area contributed by atoms with E-state index in [1.165, 1.54) is 4.68 Å². The lowest BCUT2D eigenvalue weighted by Gasteiger charge is -2.08. The molecule has 1 amide bonds. The molecule has 2 aromatic heterocycles. The van der Waals surface area contributed by atoms with Gasteiger partial charge in [-0.25, -0.2) is 4.68 Å². The fourth-order valence-electron chi connectivity index (χ4n) is 3.57. The topological polar surface area (TPSA) is 91.0 Å². The fraction of sp³-hybridized carbons (Fsp3) is 0.333. The van der Waals surface area contributed by atoms with Gasteiger partial charge in [0, 0.05) is 25.2 Å². The van der Waals surface area contributed by atoms with Gasteiger partial charge in [0.2, 0.25) is 0 Å². The van der Waals surface area contributed by atoms with E-state index < -0.39 is 0 Å². The highest BCUT2D eigenvalue weighted by molar-refractivity contribution is 5.93. The van der Waals surface area contributed by atoms with E-state index in [1.54, 1.807) is 31.0 Å². The Hall–Kier alpha value is -3.42. The molecule has 1 aliphatic rings. The first-order valence-electron chi connectivity index (χ1n) is 9.62. The van der Waals surface area contributed by atoms with Crippen molar-refractivity contribution in [1.29, 1.82) is 0 Å². The Morgan fingerprint density at radius 1 is 1.21 bits per heavy atom. The Kier molecular flexibility index (Phi) is 5.16. The second-order valence-electron chi connectivity index (χ2n) is 7.06. The normalized spacial score (nSPS) is 12.6. The number of carbonyl (C=O) groups excluding carboxylic acids is 1. The summed E-state index contributed by atoms with van der Waals surface area (Å²) in [5, 5.41) is 11.7. The zero-order valence-electron chi connectivity index (χ0n) is 16.5. The molecule has 150 valence electrons. The molecular weight excluding hydrogens is 370 g/mol. The number of hydrogen-bond donors (Lipinski definition) is 1. The first kappa shape index (κ1) is 18.9. The summed E-state index contributed by atoms with van der Waals surface area (Å²) in [7, 11) is 3.34. The predicted molar refractivity (Wildman–Crippen MR) is 108 cm³/mol. The highest BCUT2D eigenvalue weighted by Gasteiger charge is 2.16. The Bertz CT molecular complexity index is 1120. The average molecular weight is 393 g/mol. The number of aryl methyl sites for hydroxylation is 3. The summed E-state index contributed by atoms with van der Waals surface area (Å²) in [5.41, 5.74) is 3.92. The minimum absolute atomic E-state index is 0.124. The van der Waals surface area contributed by atoms with Gasteiger partial charge in [0.25, 0.3) is 11.5 Å². The highest BCUT2D eigenvalue weighted by atomic mass is 16.5. The molecule has 0 bridgehead atoms. The number of fused-ring (bicyclic) bond motifs is 1. The van der Waals surface area contributed by atoms with Gasteiger partial charge in [-0.2, -0.15) is 10.2 Å². The van der Waals surface area contributed by atoms with E-state index in [0.717, 1.165) is 41.8 Å². The van der Waals surface area contributed by atoms with Crippen LogP contribution in [0.2, 0.25) is 0 Å². The van der Waals surface area contributed by atoms with Crippen molar-refractivity contribution in [3.8, 4) is 17.0 Å². The number of nitrogens with one attached hydrogen (secondary N) is 1. The molecule has 8 heteroatoms. The molecule has 0 saturated heterocycles. The fourth-order valence-corrected chi connectivity index (χ4v) is 3.57. The van der Waals surface area contributed by atoms with Crippen LogP contribution in [0.1, 0.15) is 28.2 Å². The molecule has 3 aromatic rings. The Balaban J connectivity index is 1.43. The molecule has 1 aromatic carbocycles. The number of benzene rings is 1. The summed E-state index contributed by atoms with van der Waals surface area (Å²) >= 11 is 0. The zero-order chi connectivity index (χ0) is 20.4. The molecule has 1 N–H and O–H groups in total. The first-order valence-corrected chi connectivity index (χ1v) is 9.62. The SMILES string of the molecule is COc1cccc(-c2cc(C(=O)NCCn3nc4c(cc3=O)CCC4)n(C)n2)c1. The van der Waals surface area contributed by atoms with Crippen molar-refractivity contribution < 1.29 is 9.53 Å². The smallest absolute Gasteiger partial charge is 0.269 e. The van der Waals surface area contributed by atoms with Crippen molar-refractivity contribution in [3.05, 3.63) is 63.7 Å². The van der Waals surface area contributed by atoms with Crippen LogP contribution in [0.5, 0.6) is 5.75 Å². The number of hydrogen-bond acceptors (Lipinski definition) is 5. The molecule has 0 fully saturated rings. The van der Waals surface area contributed by atoms with Gasteiger partial charge < -0.3 is 10.1 Å². The van der Waals surface area contributed by atoms with Gasteiger partial charge in [-0.3, -0.25) is 14.3 Å². The molecule has 2 heterocycles. The zero-order valence-corrected chi connectivity index (χ0v) is 16.5. The first-order chi connectivity index (χ1) is 14.0. The number of nitrogens with zero attached hydrogens (tertiary/aromatic N) is 4. The lowest BCUT2D eigenvalue weighted by Crippen LogP contribution is -2.33. The Morgan fingerprint density at radius 3 is 2.90 bits per heavy atom. The Morgan fingerprint density at radius 2 is 2.07 bits per heavy atom. The van der Waals surface area contributed by atoms with Crippen molar-refractivity contribution >= 4 is 5.91 Å². The second-order valence-corrected chi connectivity index (χ2v) is 7.06. The van der Waals surface area contributed by atoms with Gasteiger partial charge in [0.05, 0.1) is 25.0 Å². The number of rotatable bonds is 6. The van der Waals surface area contributed by atoms with Crippen LogP contribution < -0.4 is 15.6 Å². The predicted octanol–water partition coefficient (Wildman–Crippen LogP) is 1.57. The van der Waals surface area contributed by atoms with Crippen LogP contribution in [0.25, 0.3) is 11.3 Å². The molecule has 0 saturated carbocycles. The van der Waals surface area contributed by atoms with Crippen LogP contribution in [0, 0.1) is 0 Å². The molecule has 0 atom stereocenters.